The van der Waals surface area contributed by atoms with Crippen molar-refractivity contribution >= 4 is 10.9 Å². The number of benzene rings is 1. The summed E-state index contributed by atoms with van der Waals surface area (Å²) >= 11 is 0. The first-order valence-electron chi connectivity index (χ1n) is 6.92. The molecule has 0 aliphatic carbocycles. The van der Waals surface area contributed by atoms with Crippen molar-refractivity contribution in [1.82, 2.24) is 10.3 Å². The van der Waals surface area contributed by atoms with E-state index in [2.05, 4.69) is 34.6 Å². The van der Waals surface area contributed by atoms with Gasteiger partial charge in [0.1, 0.15) is 0 Å². The summed E-state index contributed by atoms with van der Waals surface area (Å²) in [5.74, 6) is 0. The van der Waals surface area contributed by atoms with Gasteiger partial charge in [-0.05, 0) is 44.5 Å². The maximum absolute atomic E-state index is 5.44. The largest absolute Gasteiger partial charge is 0.382 e. The summed E-state index contributed by atoms with van der Waals surface area (Å²) in [5, 5.41) is 4.63. The standard InChI is InChI=1S/C16H22N2O/c1-3-19-11-9-14(17-2)12-13-8-10-18-16-7-5-4-6-15(13)16/h4-8,10,14,17H,3,9,11-12H2,1-2H3. The molecule has 0 bridgehead atoms. The summed E-state index contributed by atoms with van der Waals surface area (Å²) in [6.07, 6.45) is 3.93. The Morgan fingerprint density at radius 1 is 1.26 bits per heavy atom. The highest BCUT2D eigenvalue weighted by Crippen LogP contribution is 2.18. The number of aromatic nitrogens is 1. The lowest BCUT2D eigenvalue weighted by Crippen LogP contribution is -2.29. The van der Waals surface area contributed by atoms with Gasteiger partial charge in [-0.25, -0.2) is 0 Å². The predicted octanol–water partition coefficient (Wildman–Crippen LogP) is 2.79. The Morgan fingerprint density at radius 3 is 2.89 bits per heavy atom. The van der Waals surface area contributed by atoms with E-state index in [1.54, 1.807) is 0 Å². The van der Waals surface area contributed by atoms with Crippen molar-refractivity contribution in [3.63, 3.8) is 0 Å². The Balaban J connectivity index is 2.10. The number of nitrogens with zero attached hydrogens (tertiary/aromatic N) is 1. The molecule has 2 aromatic rings. The molecule has 102 valence electrons. The number of hydrogen-bond donors (Lipinski definition) is 1. The average molecular weight is 258 g/mol. The van der Waals surface area contributed by atoms with Crippen molar-refractivity contribution < 1.29 is 4.74 Å². The molecular weight excluding hydrogens is 236 g/mol. The number of para-hydroxylation sites is 1. The van der Waals surface area contributed by atoms with Crippen molar-refractivity contribution in [2.75, 3.05) is 20.3 Å². The zero-order valence-corrected chi connectivity index (χ0v) is 11.7. The number of nitrogens with one attached hydrogen (secondary N) is 1. The maximum atomic E-state index is 5.44. The molecule has 0 radical (unpaired) electrons. The highest BCUT2D eigenvalue weighted by atomic mass is 16.5. The summed E-state index contributed by atoms with van der Waals surface area (Å²) in [6, 6.07) is 10.9. The molecule has 1 heterocycles. The zero-order chi connectivity index (χ0) is 13.5. The molecule has 1 aromatic carbocycles. The summed E-state index contributed by atoms with van der Waals surface area (Å²) in [6.45, 7) is 3.63. The molecule has 1 N–H and O–H groups in total. The highest BCUT2D eigenvalue weighted by molar-refractivity contribution is 5.81. The molecular formula is C16H22N2O. The van der Waals surface area contributed by atoms with Crippen molar-refractivity contribution in [2.24, 2.45) is 0 Å². The molecule has 1 unspecified atom stereocenters. The Morgan fingerprint density at radius 2 is 2.11 bits per heavy atom. The van der Waals surface area contributed by atoms with E-state index in [4.69, 9.17) is 4.74 Å². The number of rotatable bonds is 7. The summed E-state index contributed by atoms with van der Waals surface area (Å²) in [4.78, 5) is 4.41. The van der Waals surface area contributed by atoms with Crippen LogP contribution < -0.4 is 5.32 Å². The van der Waals surface area contributed by atoms with Gasteiger partial charge in [-0.15, -0.1) is 0 Å². The molecule has 0 fully saturated rings. The molecule has 0 amide bonds. The molecule has 0 saturated heterocycles. The lowest BCUT2D eigenvalue weighted by atomic mass is 10.0. The third-order valence-electron chi connectivity index (χ3n) is 3.43. The van der Waals surface area contributed by atoms with Crippen LogP contribution in [0.5, 0.6) is 0 Å². The molecule has 3 nitrogen and oxygen atoms in total. The fourth-order valence-corrected chi connectivity index (χ4v) is 2.32. The van der Waals surface area contributed by atoms with Crippen LogP contribution in [0.15, 0.2) is 36.5 Å². The number of pyridine rings is 1. The van der Waals surface area contributed by atoms with E-state index in [1.807, 2.05) is 26.2 Å². The molecule has 3 heteroatoms. The van der Waals surface area contributed by atoms with Gasteiger partial charge in [0.05, 0.1) is 5.52 Å². The van der Waals surface area contributed by atoms with Crippen molar-refractivity contribution in [3.05, 3.63) is 42.1 Å². The van der Waals surface area contributed by atoms with E-state index in [1.165, 1.54) is 10.9 Å². The van der Waals surface area contributed by atoms with Crippen LogP contribution >= 0.6 is 0 Å². The lowest BCUT2D eigenvalue weighted by molar-refractivity contribution is 0.137. The first kappa shape index (κ1) is 14.0. The Kier molecular flexibility index (Phi) is 5.31. The smallest absolute Gasteiger partial charge is 0.0704 e. The van der Waals surface area contributed by atoms with Crippen LogP contribution in [-0.2, 0) is 11.2 Å². The molecule has 1 aromatic heterocycles. The van der Waals surface area contributed by atoms with Crippen LogP contribution in [0.1, 0.15) is 18.9 Å². The monoisotopic (exact) mass is 258 g/mol. The van der Waals surface area contributed by atoms with Crippen molar-refractivity contribution in [1.29, 1.82) is 0 Å². The molecule has 19 heavy (non-hydrogen) atoms. The fraction of sp³-hybridized carbons (Fsp3) is 0.438. The van der Waals surface area contributed by atoms with E-state index in [-0.39, 0.29) is 0 Å². The summed E-state index contributed by atoms with van der Waals surface area (Å²) in [7, 11) is 2.01. The SMILES string of the molecule is CCOCCC(Cc1ccnc2ccccc12)NC. The van der Waals surface area contributed by atoms with Gasteiger partial charge < -0.3 is 10.1 Å². The van der Waals surface area contributed by atoms with E-state index in [9.17, 15) is 0 Å². The van der Waals surface area contributed by atoms with E-state index in [0.717, 1.165) is 31.6 Å². The van der Waals surface area contributed by atoms with Gasteiger partial charge in [-0.2, -0.15) is 0 Å². The quantitative estimate of drug-likeness (QED) is 0.775. The van der Waals surface area contributed by atoms with Gasteiger partial charge in [0.15, 0.2) is 0 Å². The van der Waals surface area contributed by atoms with Crippen LogP contribution in [0.2, 0.25) is 0 Å². The minimum atomic E-state index is 0.442. The normalized spacial score (nSPS) is 12.7. The summed E-state index contributed by atoms with van der Waals surface area (Å²) < 4.78 is 5.44. The van der Waals surface area contributed by atoms with Gasteiger partial charge in [-0.3, -0.25) is 4.98 Å². The van der Waals surface area contributed by atoms with Gasteiger partial charge in [0, 0.05) is 30.8 Å². The third-order valence-corrected chi connectivity index (χ3v) is 3.43. The van der Waals surface area contributed by atoms with Crippen molar-refractivity contribution in [2.45, 2.75) is 25.8 Å². The van der Waals surface area contributed by atoms with Crippen LogP contribution in [0, 0.1) is 0 Å². The second-order valence-corrected chi connectivity index (χ2v) is 4.66. The third kappa shape index (κ3) is 3.75. The lowest BCUT2D eigenvalue weighted by Gasteiger charge is -2.17. The number of hydrogen-bond acceptors (Lipinski definition) is 3. The minimum absolute atomic E-state index is 0.442. The maximum Gasteiger partial charge on any atom is 0.0704 e. The van der Waals surface area contributed by atoms with Gasteiger partial charge in [0.2, 0.25) is 0 Å². The number of ether oxygens (including phenoxy) is 1. The van der Waals surface area contributed by atoms with Crippen LogP contribution in [0.25, 0.3) is 10.9 Å². The van der Waals surface area contributed by atoms with Crippen LogP contribution in [-0.4, -0.2) is 31.3 Å². The molecule has 2 rings (SSSR count). The molecule has 0 aliphatic heterocycles. The second kappa shape index (κ2) is 7.22. The first-order valence-corrected chi connectivity index (χ1v) is 6.92. The van der Waals surface area contributed by atoms with Gasteiger partial charge in [-0.1, -0.05) is 18.2 Å². The van der Waals surface area contributed by atoms with E-state index >= 15 is 0 Å². The molecule has 1 atom stereocenters. The van der Waals surface area contributed by atoms with Crippen LogP contribution in [0.3, 0.4) is 0 Å². The summed E-state index contributed by atoms with van der Waals surface area (Å²) in [5.41, 5.74) is 2.42. The second-order valence-electron chi connectivity index (χ2n) is 4.66. The Labute approximate surface area is 115 Å². The number of likely N-dealkylation sites (N-methyl/N-ethyl adjacent to an activating group) is 1. The Hall–Kier alpha value is -1.45. The molecule has 0 aliphatic rings. The molecule has 0 spiro atoms. The fourth-order valence-electron chi connectivity index (χ4n) is 2.32. The predicted molar refractivity (Wildman–Crippen MR) is 79.4 cm³/mol. The first-order chi connectivity index (χ1) is 9.35. The van der Waals surface area contributed by atoms with E-state index < -0.39 is 0 Å². The van der Waals surface area contributed by atoms with Crippen molar-refractivity contribution in [3.8, 4) is 0 Å². The minimum Gasteiger partial charge on any atom is -0.382 e. The average Bonchev–Trinajstić information content (AvgIpc) is 2.46. The van der Waals surface area contributed by atoms with Gasteiger partial charge >= 0.3 is 0 Å². The Bertz CT molecular complexity index is 508. The van der Waals surface area contributed by atoms with Gasteiger partial charge in [0.25, 0.3) is 0 Å². The zero-order valence-electron chi connectivity index (χ0n) is 11.7. The highest BCUT2D eigenvalue weighted by Gasteiger charge is 2.09. The van der Waals surface area contributed by atoms with Crippen LogP contribution in [0.4, 0.5) is 0 Å². The number of fused-ring (bicyclic) bond motifs is 1. The van der Waals surface area contributed by atoms with E-state index in [0.29, 0.717) is 6.04 Å². The molecule has 0 saturated carbocycles. The topological polar surface area (TPSA) is 34.1 Å².